The van der Waals surface area contributed by atoms with E-state index >= 15 is 0 Å². The molecule has 0 atom stereocenters. The average Bonchev–Trinajstić information content (AvgIpc) is 2.24. The van der Waals surface area contributed by atoms with Crippen LogP contribution in [0.5, 0.6) is 0 Å². The maximum absolute atomic E-state index is 11.2. The highest BCUT2D eigenvalue weighted by molar-refractivity contribution is 5.67. The Morgan fingerprint density at radius 3 is 2.33 bits per heavy atom. The summed E-state index contributed by atoms with van der Waals surface area (Å²) in [5, 5.41) is 2.60. The van der Waals surface area contributed by atoms with Crippen molar-refractivity contribution in [1.29, 1.82) is 0 Å². The van der Waals surface area contributed by atoms with E-state index in [1.165, 1.54) is 0 Å². The van der Waals surface area contributed by atoms with E-state index in [1.807, 2.05) is 20.8 Å². The van der Waals surface area contributed by atoms with Gasteiger partial charge >= 0.3 is 6.09 Å². The first kappa shape index (κ1) is 16.9. The van der Waals surface area contributed by atoms with Crippen LogP contribution in [0.15, 0.2) is 4.99 Å². The summed E-state index contributed by atoms with van der Waals surface area (Å²) in [6.45, 7) is 11.8. The van der Waals surface area contributed by atoms with Crippen molar-refractivity contribution in [2.45, 2.75) is 26.4 Å². The minimum atomic E-state index is -0.474. The van der Waals surface area contributed by atoms with E-state index in [0.717, 1.165) is 0 Å². The largest absolute Gasteiger partial charge is 0.444 e. The lowest BCUT2D eigenvalue weighted by molar-refractivity contribution is 0.0412. The third kappa shape index (κ3) is 12.9. The van der Waals surface area contributed by atoms with Crippen LogP contribution in [0.1, 0.15) is 20.8 Å². The molecule has 0 bridgehead atoms. The number of alkyl carbamates (subject to hydrolysis) is 1. The average molecular weight is 260 g/mol. The first-order chi connectivity index (χ1) is 8.45. The Balaban J connectivity index is 3.25. The van der Waals surface area contributed by atoms with Crippen LogP contribution in [0.25, 0.3) is 0 Å². The molecule has 6 nitrogen and oxygen atoms in total. The lowest BCUT2D eigenvalue weighted by Gasteiger charge is -2.19. The molecular weight excluding hydrogens is 236 g/mol. The number of aliphatic imine (C=N–C) groups is 1. The second kappa shape index (κ2) is 9.85. The molecule has 0 fully saturated rings. The van der Waals surface area contributed by atoms with Gasteiger partial charge in [0.2, 0.25) is 0 Å². The van der Waals surface area contributed by atoms with Gasteiger partial charge in [-0.05, 0) is 27.5 Å². The van der Waals surface area contributed by atoms with Crippen molar-refractivity contribution in [2.24, 2.45) is 4.99 Å². The van der Waals surface area contributed by atoms with Crippen LogP contribution in [0.4, 0.5) is 4.79 Å². The molecule has 18 heavy (non-hydrogen) atoms. The summed E-state index contributed by atoms with van der Waals surface area (Å²) < 4.78 is 15.5. The Labute approximate surface area is 109 Å². The molecule has 0 saturated heterocycles. The normalized spacial score (nSPS) is 11.1. The number of amides is 1. The fraction of sp³-hybridized carbons (Fsp3) is 0.833. The summed E-state index contributed by atoms with van der Waals surface area (Å²) >= 11 is 0. The molecule has 0 radical (unpaired) electrons. The molecule has 0 aromatic heterocycles. The summed E-state index contributed by atoms with van der Waals surface area (Å²) in [6.07, 6.45) is -0.431. The fourth-order valence-corrected chi connectivity index (χ4v) is 0.991. The van der Waals surface area contributed by atoms with Crippen LogP contribution in [-0.4, -0.2) is 57.9 Å². The molecule has 0 spiro atoms. The first-order valence-electron chi connectivity index (χ1n) is 6.00. The number of ether oxygens (including phenoxy) is 3. The van der Waals surface area contributed by atoms with E-state index in [1.54, 1.807) is 0 Å². The summed E-state index contributed by atoms with van der Waals surface area (Å²) in [7, 11) is 0. The molecule has 0 unspecified atom stereocenters. The van der Waals surface area contributed by atoms with Crippen LogP contribution < -0.4 is 5.32 Å². The van der Waals surface area contributed by atoms with E-state index in [0.29, 0.717) is 39.5 Å². The number of rotatable bonds is 9. The number of carbonyl (C=O) groups is 1. The predicted molar refractivity (Wildman–Crippen MR) is 70.3 cm³/mol. The van der Waals surface area contributed by atoms with Crippen LogP contribution in [0.2, 0.25) is 0 Å². The molecule has 0 rings (SSSR count). The summed E-state index contributed by atoms with van der Waals surface area (Å²) in [6, 6.07) is 0. The van der Waals surface area contributed by atoms with E-state index in [2.05, 4.69) is 17.0 Å². The Morgan fingerprint density at radius 2 is 1.78 bits per heavy atom. The Bertz CT molecular complexity index is 239. The third-order valence-electron chi connectivity index (χ3n) is 1.68. The molecule has 0 aliphatic carbocycles. The minimum Gasteiger partial charge on any atom is -0.444 e. The van der Waals surface area contributed by atoms with E-state index in [4.69, 9.17) is 14.2 Å². The molecule has 0 heterocycles. The molecule has 1 amide bonds. The third-order valence-corrected chi connectivity index (χ3v) is 1.68. The first-order valence-corrected chi connectivity index (χ1v) is 6.00. The summed E-state index contributed by atoms with van der Waals surface area (Å²) in [5.74, 6) is 0. The smallest absolute Gasteiger partial charge is 0.407 e. The van der Waals surface area contributed by atoms with Gasteiger partial charge in [-0.1, -0.05) is 0 Å². The van der Waals surface area contributed by atoms with Crippen molar-refractivity contribution >= 4 is 12.8 Å². The van der Waals surface area contributed by atoms with Gasteiger partial charge < -0.3 is 19.5 Å². The fourth-order valence-electron chi connectivity index (χ4n) is 0.991. The lowest BCUT2D eigenvalue weighted by atomic mass is 10.2. The topological polar surface area (TPSA) is 69.2 Å². The SMILES string of the molecule is C=NCCOCCOCCNC(=O)OC(C)(C)C. The van der Waals surface area contributed by atoms with Crippen molar-refractivity contribution in [2.75, 3.05) is 39.5 Å². The van der Waals surface area contributed by atoms with Gasteiger partial charge in [0, 0.05) is 6.54 Å². The van der Waals surface area contributed by atoms with E-state index < -0.39 is 11.7 Å². The Hall–Kier alpha value is -1.14. The zero-order valence-electron chi connectivity index (χ0n) is 11.5. The zero-order valence-corrected chi connectivity index (χ0v) is 11.5. The Morgan fingerprint density at radius 1 is 1.17 bits per heavy atom. The number of hydrogen-bond acceptors (Lipinski definition) is 5. The molecule has 1 N–H and O–H groups in total. The van der Waals surface area contributed by atoms with Crippen molar-refractivity contribution < 1.29 is 19.0 Å². The highest BCUT2D eigenvalue weighted by atomic mass is 16.6. The van der Waals surface area contributed by atoms with Crippen molar-refractivity contribution in [3.05, 3.63) is 0 Å². The molecule has 0 aromatic rings. The molecule has 6 heteroatoms. The summed E-state index contributed by atoms with van der Waals surface area (Å²) in [4.78, 5) is 14.9. The zero-order chi connectivity index (χ0) is 13.9. The molecule has 106 valence electrons. The van der Waals surface area contributed by atoms with Gasteiger partial charge in [-0.3, -0.25) is 4.99 Å². The van der Waals surface area contributed by atoms with Gasteiger partial charge in [0.05, 0.1) is 33.0 Å². The van der Waals surface area contributed by atoms with Crippen LogP contribution in [0.3, 0.4) is 0 Å². The standard InChI is InChI=1S/C12H24N2O4/c1-12(2,3)18-11(15)14-6-8-17-10-9-16-7-5-13-4/h4-10H2,1-3H3,(H,14,15). The maximum atomic E-state index is 11.2. The second-order valence-corrected chi connectivity index (χ2v) is 4.60. The number of nitrogens with one attached hydrogen (secondary N) is 1. The van der Waals surface area contributed by atoms with Gasteiger partial charge in [-0.2, -0.15) is 0 Å². The molecular formula is C12H24N2O4. The lowest BCUT2D eigenvalue weighted by Crippen LogP contribution is -2.34. The predicted octanol–water partition coefficient (Wildman–Crippen LogP) is 1.24. The summed E-state index contributed by atoms with van der Waals surface area (Å²) in [5.41, 5.74) is -0.474. The molecule has 0 aromatic carbocycles. The molecule has 0 aliphatic heterocycles. The van der Waals surface area contributed by atoms with E-state index in [-0.39, 0.29) is 0 Å². The van der Waals surface area contributed by atoms with Gasteiger partial charge in [0.25, 0.3) is 0 Å². The number of carbonyl (C=O) groups excluding carboxylic acids is 1. The quantitative estimate of drug-likeness (QED) is 0.500. The van der Waals surface area contributed by atoms with Gasteiger partial charge in [0.15, 0.2) is 0 Å². The van der Waals surface area contributed by atoms with Crippen molar-refractivity contribution in [3.63, 3.8) is 0 Å². The van der Waals surface area contributed by atoms with Crippen LogP contribution in [-0.2, 0) is 14.2 Å². The molecule has 0 saturated carbocycles. The van der Waals surface area contributed by atoms with E-state index in [9.17, 15) is 4.79 Å². The van der Waals surface area contributed by atoms with Crippen LogP contribution >= 0.6 is 0 Å². The molecule has 0 aliphatic rings. The van der Waals surface area contributed by atoms with Crippen molar-refractivity contribution in [1.82, 2.24) is 5.32 Å². The number of nitrogens with zero attached hydrogens (tertiary/aromatic N) is 1. The monoisotopic (exact) mass is 260 g/mol. The Kier molecular flexibility index (Phi) is 9.22. The van der Waals surface area contributed by atoms with Crippen molar-refractivity contribution in [3.8, 4) is 0 Å². The number of hydrogen-bond donors (Lipinski definition) is 1. The minimum absolute atomic E-state index is 0.420. The van der Waals surface area contributed by atoms with Gasteiger partial charge in [-0.15, -0.1) is 0 Å². The van der Waals surface area contributed by atoms with Gasteiger partial charge in [-0.25, -0.2) is 4.79 Å². The highest BCUT2D eigenvalue weighted by Gasteiger charge is 2.15. The van der Waals surface area contributed by atoms with Crippen LogP contribution in [0, 0.1) is 0 Å². The second-order valence-electron chi connectivity index (χ2n) is 4.60. The van der Waals surface area contributed by atoms with Gasteiger partial charge in [0.1, 0.15) is 5.60 Å². The maximum Gasteiger partial charge on any atom is 0.407 e. The highest BCUT2D eigenvalue weighted by Crippen LogP contribution is 2.05.